The number of aromatic nitrogens is 1. The second kappa shape index (κ2) is 9.63. The summed E-state index contributed by atoms with van der Waals surface area (Å²) in [4.78, 5) is 6.58. The van der Waals surface area contributed by atoms with Gasteiger partial charge in [0.1, 0.15) is 17.6 Å². The minimum Gasteiger partial charge on any atom is -0.472 e. The summed E-state index contributed by atoms with van der Waals surface area (Å²) in [5.74, 6) is 2.34. The van der Waals surface area contributed by atoms with Crippen LogP contribution in [0.1, 0.15) is 24.5 Å². The Labute approximate surface area is 177 Å². The van der Waals surface area contributed by atoms with Crippen LogP contribution in [0, 0.1) is 0 Å². The first-order valence-corrected chi connectivity index (χ1v) is 10.6. The van der Waals surface area contributed by atoms with Crippen LogP contribution in [0.4, 0.5) is 5.69 Å². The van der Waals surface area contributed by atoms with Crippen molar-refractivity contribution < 1.29 is 14.6 Å². The summed E-state index contributed by atoms with van der Waals surface area (Å²) in [6.07, 6.45) is 4.30. The number of aliphatic hydroxyl groups excluding tert-OH is 1. The first-order chi connectivity index (χ1) is 14.8. The van der Waals surface area contributed by atoms with Gasteiger partial charge in [0.05, 0.1) is 6.54 Å². The van der Waals surface area contributed by atoms with Crippen molar-refractivity contribution in [2.24, 2.45) is 0 Å². The lowest BCUT2D eigenvalue weighted by Gasteiger charge is -2.23. The Morgan fingerprint density at radius 1 is 1.07 bits per heavy atom. The normalized spacial score (nSPS) is 15.9. The molecule has 4 rings (SSSR count). The lowest BCUT2D eigenvalue weighted by molar-refractivity contribution is 0.216. The van der Waals surface area contributed by atoms with Crippen LogP contribution in [0.15, 0.2) is 66.9 Å². The van der Waals surface area contributed by atoms with Gasteiger partial charge in [-0.3, -0.25) is 0 Å². The number of benzene rings is 2. The van der Waals surface area contributed by atoms with Crippen molar-refractivity contribution in [2.45, 2.75) is 32.3 Å². The SMILES string of the molecule is CCc1ccccc1Oc1ccc(N2CC[C@H](Oc3ccccn3)C2)c(CCO)c1. The van der Waals surface area contributed by atoms with Crippen LogP contribution in [-0.4, -0.2) is 35.9 Å². The van der Waals surface area contributed by atoms with Gasteiger partial charge >= 0.3 is 0 Å². The summed E-state index contributed by atoms with van der Waals surface area (Å²) in [5, 5.41) is 9.60. The number of ether oxygens (including phenoxy) is 2. The van der Waals surface area contributed by atoms with E-state index in [1.807, 2.05) is 48.5 Å². The average molecular weight is 405 g/mol. The van der Waals surface area contributed by atoms with Gasteiger partial charge in [-0.1, -0.05) is 31.2 Å². The Morgan fingerprint density at radius 2 is 1.93 bits per heavy atom. The lowest BCUT2D eigenvalue weighted by Crippen LogP contribution is -2.25. The summed E-state index contributed by atoms with van der Waals surface area (Å²) in [5.41, 5.74) is 3.40. The van der Waals surface area contributed by atoms with Gasteiger partial charge in [-0.05, 0) is 54.3 Å². The molecule has 2 heterocycles. The van der Waals surface area contributed by atoms with E-state index in [0.29, 0.717) is 12.3 Å². The molecule has 1 saturated heterocycles. The molecule has 1 aromatic heterocycles. The maximum absolute atomic E-state index is 9.60. The number of para-hydroxylation sites is 1. The molecular weight excluding hydrogens is 376 g/mol. The molecule has 1 aliphatic heterocycles. The molecule has 0 radical (unpaired) electrons. The van der Waals surface area contributed by atoms with Crippen LogP contribution >= 0.6 is 0 Å². The van der Waals surface area contributed by atoms with Gasteiger partial charge in [0.15, 0.2) is 0 Å². The molecule has 3 aromatic rings. The van der Waals surface area contributed by atoms with Crippen LogP contribution in [0.2, 0.25) is 0 Å². The molecule has 156 valence electrons. The Morgan fingerprint density at radius 3 is 2.73 bits per heavy atom. The first-order valence-electron chi connectivity index (χ1n) is 10.6. The van der Waals surface area contributed by atoms with Crippen molar-refractivity contribution in [1.29, 1.82) is 0 Å². The molecule has 0 spiro atoms. The largest absolute Gasteiger partial charge is 0.472 e. The standard InChI is InChI=1S/C25H28N2O3/c1-2-19-7-3-4-8-24(19)29-21-10-11-23(20(17-21)13-16-28)27-15-12-22(18-27)30-25-9-5-6-14-26-25/h3-11,14,17,22,28H,2,12-13,15-16,18H2,1H3/t22-/m0/s1. The van der Waals surface area contributed by atoms with Gasteiger partial charge in [0, 0.05) is 37.5 Å². The Bertz CT molecular complexity index is 962. The average Bonchev–Trinajstić information content (AvgIpc) is 3.23. The predicted molar refractivity (Wildman–Crippen MR) is 119 cm³/mol. The van der Waals surface area contributed by atoms with Gasteiger partial charge in [-0.15, -0.1) is 0 Å². The van der Waals surface area contributed by atoms with Crippen molar-refractivity contribution >= 4 is 5.69 Å². The van der Waals surface area contributed by atoms with Crippen molar-refractivity contribution in [3.8, 4) is 17.4 Å². The molecule has 1 atom stereocenters. The van der Waals surface area contributed by atoms with Gasteiger partial charge in [-0.2, -0.15) is 0 Å². The fraction of sp³-hybridized carbons (Fsp3) is 0.320. The first kappa shape index (κ1) is 20.2. The smallest absolute Gasteiger partial charge is 0.213 e. The number of aliphatic hydroxyl groups is 1. The van der Waals surface area contributed by atoms with E-state index in [9.17, 15) is 5.11 Å². The minimum atomic E-state index is 0.101. The summed E-state index contributed by atoms with van der Waals surface area (Å²) >= 11 is 0. The quantitative estimate of drug-likeness (QED) is 0.593. The number of anilines is 1. The van der Waals surface area contributed by atoms with Crippen LogP contribution in [0.5, 0.6) is 17.4 Å². The van der Waals surface area contributed by atoms with Gasteiger partial charge in [0.2, 0.25) is 5.88 Å². The van der Waals surface area contributed by atoms with E-state index in [2.05, 4.69) is 28.9 Å². The van der Waals surface area contributed by atoms with Crippen LogP contribution in [0.3, 0.4) is 0 Å². The minimum absolute atomic E-state index is 0.101. The molecular formula is C25H28N2O3. The van der Waals surface area contributed by atoms with E-state index in [1.165, 1.54) is 5.56 Å². The highest BCUT2D eigenvalue weighted by atomic mass is 16.5. The van der Waals surface area contributed by atoms with Crippen LogP contribution < -0.4 is 14.4 Å². The molecule has 1 N–H and O–H groups in total. The summed E-state index contributed by atoms with van der Waals surface area (Å²) in [6.45, 7) is 3.94. The Hall–Kier alpha value is -3.05. The second-order valence-electron chi connectivity index (χ2n) is 7.47. The van der Waals surface area contributed by atoms with Gasteiger partial charge in [-0.25, -0.2) is 4.98 Å². The van der Waals surface area contributed by atoms with Gasteiger partial charge < -0.3 is 19.5 Å². The molecule has 0 bridgehead atoms. The highest BCUT2D eigenvalue weighted by molar-refractivity contribution is 5.58. The number of hydrogen-bond acceptors (Lipinski definition) is 5. The molecule has 5 heteroatoms. The Balaban J connectivity index is 1.49. The molecule has 0 saturated carbocycles. The molecule has 2 aromatic carbocycles. The molecule has 1 aliphatic rings. The summed E-state index contributed by atoms with van der Waals surface area (Å²) in [6, 6.07) is 20.0. The number of nitrogens with zero attached hydrogens (tertiary/aromatic N) is 2. The van der Waals surface area contributed by atoms with Crippen molar-refractivity contribution in [3.05, 3.63) is 78.0 Å². The maximum Gasteiger partial charge on any atom is 0.213 e. The second-order valence-corrected chi connectivity index (χ2v) is 7.47. The number of hydrogen-bond donors (Lipinski definition) is 1. The van der Waals surface area contributed by atoms with E-state index in [-0.39, 0.29) is 12.7 Å². The molecule has 0 amide bonds. The third-order valence-electron chi connectivity index (χ3n) is 5.42. The van der Waals surface area contributed by atoms with E-state index >= 15 is 0 Å². The molecule has 0 aliphatic carbocycles. The molecule has 30 heavy (non-hydrogen) atoms. The maximum atomic E-state index is 9.60. The monoisotopic (exact) mass is 404 g/mol. The molecule has 0 unspecified atom stereocenters. The third kappa shape index (κ3) is 4.74. The summed E-state index contributed by atoms with van der Waals surface area (Å²) < 4.78 is 12.2. The number of aryl methyl sites for hydroxylation is 1. The third-order valence-corrected chi connectivity index (χ3v) is 5.42. The van der Waals surface area contributed by atoms with Gasteiger partial charge in [0.25, 0.3) is 0 Å². The topological polar surface area (TPSA) is 54.8 Å². The fourth-order valence-electron chi connectivity index (χ4n) is 3.91. The van der Waals surface area contributed by atoms with E-state index in [4.69, 9.17) is 9.47 Å². The zero-order valence-electron chi connectivity index (χ0n) is 17.3. The van der Waals surface area contributed by atoms with Crippen molar-refractivity contribution in [2.75, 3.05) is 24.6 Å². The fourth-order valence-corrected chi connectivity index (χ4v) is 3.91. The van der Waals surface area contributed by atoms with Crippen LogP contribution in [-0.2, 0) is 12.8 Å². The number of rotatable bonds is 8. The van der Waals surface area contributed by atoms with Crippen LogP contribution in [0.25, 0.3) is 0 Å². The van der Waals surface area contributed by atoms with E-state index in [1.54, 1.807) is 6.20 Å². The zero-order valence-corrected chi connectivity index (χ0v) is 17.3. The van der Waals surface area contributed by atoms with Crippen molar-refractivity contribution in [3.63, 3.8) is 0 Å². The predicted octanol–water partition coefficient (Wildman–Crippen LogP) is 4.63. The highest BCUT2D eigenvalue weighted by Crippen LogP contribution is 2.32. The molecule has 5 nitrogen and oxygen atoms in total. The number of pyridine rings is 1. The van der Waals surface area contributed by atoms with E-state index in [0.717, 1.165) is 48.7 Å². The Kier molecular flexibility index (Phi) is 6.50. The molecule has 1 fully saturated rings. The summed E-state index contributed by atoms with van der Waals surface area (Å²) in [7, 11) is 0. The van der Waals surface area contributed by atoms with E-state index < -0.39 is 0 Å². The van der Waals surface area contributed by atoms with Crippen molar-refractivity contribution in [1.82, 2.24) is 4.98 Å². The lowest BCUT2D eigenvalue weighted by atomic mass is 10.1. The highest BCUT2D eigenvalue weighted by Gasteiger charge is 2.26. The zero-order chi connectivity index (χ0) is 20.8.